The first-order valence-corrected chi connectivity index (χ1v) is 13.6. The van der Waals surface area contributed by atoms with E-state index in [1.54, 1.807) is 28.9 Å². The molecule has 3 aliphatic rings. The lowest BCUT2D eigenvalue weighted by Crippen LogP contribution is -2.40. The topological polar surface area (TPSA) is 97.4 Å². The number of fused-ring (bicyclic) bond motifs is 2. The number of amides is 2. The summed E-state index contributed by atoms with van der Waals surface area (Å²) in [4.78, 5) is 42.1. The lowest BCUT2D eigenvalue weighted by atomic mass is 9.96. The van der Waals surface area contributed by atoms with Gasteiger partial charge in [-0.1, -0.05) is 24.3 Å². The summed E-state index contributed by atoms with van der Waals surface area (Å²) >= 11 is 0. The summed E-state index contributed by atoms with van der Waals surface area (Å²) < 4.78 is 16.1. The van der Waals surface area contributed by atoms with Crippen LogP contribution in [0.1, 0.15) is 57.8 Å². The van der Waals surface area contributed by atoms with Crippen molar-refractivity contribution in [2.45, 2.75) is 32.5 Å². The van der Waals surface area contributed by atoms with Gasteiger partial charge >= 0.3 is 5.97 Å². The van der Waals surface area contributed by atoms with Crippen molar-refractivity contribution in [2.75, 3.05) is 31.8 Å². The molecular weight excluding hydrogens is 510 g/mol. The van der Waals surface area contributed by atoms with Crippen molar-refractivity contribution >= 4 is 23.5 Å². The Hall–Kier alpha value is -4.53. The highest BCUT2D eigenvalue weighted by molar-refractivity contribution is 5.99. The predicted octanol–water partition coefficient (Wildman–Crippen LogP) is 4.60. The number of hydrogen-bond donors (Lipinski definition) is 1. The van der Waals surface area contributed by atoms with Crippen molar-refractivity contribution in [3.05, 3.63) is 89.0 Å². The first-order valence-electron chi connectivity index (χ1n) is 13.6. The van der Waals surface area contributed by atoms with Gasteiger partial charge in [0.05, 0.1) is 12.5 Å². The molecule has 0 radical (unpaired) electrons. The van der Waals surface area contributed by atoms with Crippen LogP contribution in [0.5, 0.6) is 11.5 Å². The van der Waals surface area contributed by atoms with Crippen LogP contribution in [0.3, 0.4) is 0 Å². The number of carbonyl (C=O) groups is 3. The Morgan fingerprint density at radius 2 is 1.73 bits per heavy atom. The maximum Gasteiger partial charge on any atom is 0.309 e. The number of hydrogen-bond acceptors (Lipinski definition) is 7. The molecule has 6 rings (SSSR count). The fraction of sp³-hybridized carbons (Fsp3) is 0.323. The highest BCUT2D eigenvalue weighted by Gasteiger charge is 2.37. The van der Waals surface area contributed by atoms with Crippen LogP contribution in [0.4, 0.5) is 5.69 Å². The summed E-state index contributed by atoms with van der Waals surface area (Å²) in [5, 5.41) is 3.50. The fourth-order valence-electron chi connectivity index (χ4n) is 5.55. The molecule has 0 bridgehead atoms. The summed E-state index contributed by atoms with van der Waals surface area (Å²) in [5.74, 6) is 0.949. The number of nitrogens with one attached hydrogen (secondary N) is 1. The van der Waals surface area contributed by atoms with Gasteiger partial charge in [0.15, 0.2) is 11.5 Å². The highest BCUT2D eigenvalue weighted by Crippen LogP contribution is 2.38. The van der Waals surface area contributed by atoms with Crippen LogP contribution < -0.4 is 14.8 Å². The molecule has 1 unspecified atom stereocenters. The Morgan fingerprint density at radius 1 is 0.975 bits per heavy atom. The third-order valence-corrected chi connectivity index (χ3v) is 7.69. The number of benzene rings is 3. The third kappa shape index (κ3) is 4.95. The van der Waals surface area contributed by atoms with E-state index in [9.17, 15) is 14.4 Å². The molecule has 1 atom stereocenters. The van der Waals surface area contributed by atoms with Gasteiger partial charge in [0.1, 0.15) is 6.17 Å². The molecule has 1 fully saturated rings. The fourth-order valence-corrected chi connectivity index (χ4v) is 5.55. The van der Waals surface area contributed by atoms with Gasteiger partial charge in [-0.3, -0.25) is 14.4 Å². The summed E-state index contributed by atoms with van der Waals surface area (Å²) in [5.41, 5.74) is 3.88. The second kappa shape index (κ2) is 10.9. The van der Waals surface area contributed by atoms with E-state index in [0.29, 0.717) is 61.7 Å². The Bertz CT molecular complexity index is 1430. The molecule has 3 heterocycles. The van der Waals surface area contributed by atoms with E-state index in [2.05, 4.69) is 5.32 Å². The molecule has 0 aromatic heterocycles. The third-order valence-electron chi connectivity index (χ3n) is 7.69. The summed E-state index contributed by atoms with van der Waals surface area (Å²) in [6.45, 7) is 3.81. The van der Waals surface area contributed by atoms with E-state index in [1.807, 2.05) is 54.6 Å². The highest BCUT2D eigenvalue weighted by atomic mass is 16.7. The molecule has 40 heavy (non-hydrogen) atoms. The molecule has 0 aliphatic carbocycles. The second-order valence-electron chi connectivity index (χ2n) is 10.2. The van der Waals surface area contributed by atoms with Gasteiger partial charge in [-0.05, 0) is 67.8 Å². The van der Waals surface area contributed by atoms with Crippen molar-refractivity contribution in [1.29, 1.82) is 0 Å². The normalized spacial score (nSPS) is 18.0. The zero-order valence-electron chi connectivity index (χ0n) is 22.3. The monoisotopic (exact) mass is 541 g/mol. The molecule has 9 nitrogen and oxygen atoms in total. The number of nitrogens with zero attached hydrogens (tertiary/aromatic N) is 2. The lowest BCUT2D eigenvalue weighted by molar-refractivity contribution is -0.149. The van der Waals surface area contributed by atoms with Crippen LogP contribution >= 0.6 is 0 Å². The van der Waals surface area contributed by atoms with E-state index in [-0.39, 0.29) is 36.7 Å². The quantitative estimate of drug-likeness (QED) is 0.437. The molecule has 0 spiro atoms. The molecule has 3 aromatic carbocycles. The summed E-state index contributed by atoms with van der Waals surface area (Å²) in [7, 11) is 0. The number of rotatable bonds is 7. The van der Waals surface area contributed by atoms with Crippen molar-refractivity contribution < 1.29 is 28.6 Å². The largest absolute Gasteiger partial charge is 0.466 e. The summed E-state index contributed by atoms with van der Waals surface area (Å²) in [6, 6.07) is 20.6. The average Bonchev–Trinajstić information content (AvgIpc) is 3.56. The van der Waals surface area contributed by atoms with E-state index < -0.39 is 0 Å². The molecule has 3 aliphatic heterocycles. The van der Waals surface area contributed by atoms with E-state index in [4.69, 9.17) is 14.2 Å². The number of esters is 1. The molecule has 206 valence electrons. The van der Waals surface area contributed by atoms with Crippen LogP contribution in [0.15, 0.2) is 66.7 Å². The van der Waals surface area contributed by atoms with Gasteiger partial charge < -0.3 is 29.3 Å². The number of anilines is 1. The Kier molecular flexibility index (Phi) is 7.02. The molecule has 3 aromatic rings. The van der Waals surface area contributed by atoms with E-state index >= 15 is 0 Å². The van der Waals surface area contributed by atoms with Gasteiger partial charge in [0.2, 0.25) is 6.79 Å². The van der Waals surface area contributed by atoms with Crippen LogP contribution in [0, 0.1) is 5.92 Å². The average molecular weight is 542 g/mol. The number of likely N-dealkylation sites (tertiary alicyclic amines) is 1. The minimum Gasteiger partial charge on any atom is -0.466 e. The molecule has 2 amide bonds. The van der Waals surface area contributed by atoms with Gasteiger partial charge in [-0.15, -0.1) is 0 Å². The molecular formula is C31H31N3O6. The molecule has 1 saturated heterocycles. The van der Waals surface area contributed by atoms with Crippen LogP contribution in [0.25, 0.3) is 0 Å². The Labute approximate surface area is 232 Å². The maximum atomic E-state index is 13.4. The minimum atomic E-state index is -0.377. The van der Waals surface area contributed by atoms with Crippen LogP contribution in [-0.4, -0.2) is 54.1 Å². The first-order chi connectivity index (χ1) is 19.5. The van der Waals surface area contributed by atoms with Gasteiger partial charge in [-0.2, -0.15) is 0 Å². The van der Waals surface area contributed by atoms with Gasteiger partial charge in [0, 0.05) is 42.0 Å². The molecule has 9 heteroatoms. The van der Waals surface area contributed by atoms with E-state index in [0.717, 1.165) is 16.8 Å². The second-order valence-corrected chi connectivity index (χ2v) is 10.2. The number of carbonyl (C=O) groups excluding carboxylic acids is 3. The molecule has 1 N–H and O–H groups in total. The SMILES string of the molecule is CCOC(=O)C1CCN(C(=O)c2ccc(NC3c4ccccc4C(=O)N3Cc3ccc4c(c3)OCO4)cc2)CC1. The molecule has 0 saturated carbocycles. The van der Waals surface area contributed by atoms with Crippen molar-refractivity contribution in [3.8, 4) is 11.5 Å². The predicted molar refractivity (Wildman–Crippen MR) is 147 cm³/mol. The Morgan fingerprint density at radius 3 is 2.50 bits per heavy atom. The zero-order chi connectivity index (χ0) is 27.6. The summed E-state index contributed by atoms with van der Waals surface area (Å²) in [6.07, 6.45) is 0.842. The zero-order valence-corrected chi connectivity index (χ0v) is 22.3. The number of ether oxygens (including phenoxy) is 3. The van der Waals surface area contributed by atoms with Crippen molar-refractivity contribution in [2.24, 2.45) is 5.92 Å². The van der Waals surface area contributed by atoms with Crippen LogP contribution in [0.2, 0.25) is 0 Å². The van der Waals surface area contributed by atoms with Crippen molar-refractivity contribution in [1.82, 2.24) is 9.80 Å². The van der Waals surface area contributed by atoms with Gasteiger partial charge in [-0.25, -0.2) is 0 Å². The Balaban J connectivity index is 1.15. The smallest absolute Gasteiger partial charge is 0.309 e. The first kappa shape index (κ1) is 25.7. The van der Waals surface area contributed by atoms with E-state index in [1.165, 1.54) is 0 Å². The minimum absolute atomic E-state index is 0.0521. The van der Waals surface area contributed by atoms with Crippen LogP contribution in [-0.2, 0) is 16.1 Å². The maximum absolute atomic E-state index is 13.4. The van der Waals surface area contributed by atoms with Crippen molar-refractivity contribution in [3.63, 3.8) is 0 Å². The standard InChI is InChI=1S/C31H31N3O6/c1-2-38-31(37)22-13-15-33(16-14-22)29(35)21-8-10-23(11-9-21)32-28-24-5-3-4-6-25(24)30(36)34(28)18-20-7-12-26-27(17-20)40-19-39-26/h3-12,17,22,28,32H,2,13-16,18-19H2,1H3. The van der Waals surface area contributed by atoms with Gasteiger partial charge in [0.25, 0.3) is 11.8 Å². The number of piperidine rings is 1. The lowest BCUT2D eigenvalue weighted by Gasteiger charge is -2.31.